The third-order valence-electron chi connectivity index (χ3n) is 10.8. The molecule has 198 valence electrons. The van der Waals surface area contributed by atoms with Crippen LogP contribution in [0.1, 0.15) is 91.4 Å². The molecular weight excluding hydrogens is 472 g/mol. The van der Waals surface area contributed by atoms with Crippen LogP contribution < -0.4 is 0 Å². The molecule has 6 nitrogen and oxygen atoms in total. The van der Waals surface area contributed by atoms with Gasteiger partial charge in [0.2, 0.25) is 0 Å². The van der Waals surface area contributed by atoms with Crippen molar-refractivity contribution >= 4 is 20.2 Å². The standard InChI is InChI=1S/C26H46O6S2/c1-18(9-8-16-31-33(4,27)28)21-13-14-22-20-12-11-19-10-6-7-15-25(19,2)23(20)17-24(26(21,22)3)32-34(5,29)30/h18-24H,6-17H2,1-5H3. The number of fused-ring (bicyclic) bond motifs is 5. The van der Waals surface area contributed by atoms with Gasteiger partial charge in [0.25, 0.3) is 20.2 Å². The fraction of sp³-hybridized carbons (Fsp3) is 1.00. The molecule has 0 aromatic heterocycles. The highest BCUT2D eigenvalue weighted by Gasteiger charge is 2.64. The van der Waals surface area contributed by atoms with Gasteiger partial charge in [-0.2, -0.15) is 16.8 Å². The van der Waals surface area contributed by atoms with Gasteiger partial charge in [0, 0.05) is 5.41 Å². The van der Waals surface area contributed by atoms with Crippen LogP contribution in [-0.2, 0) is 28.6 Å². The van der Waals surface area contributed by atoms with E-state index >= 15 is 0 Å². The van der Waals surface area contributed by atoms with E-state index in [9.17, 15) is 16.8 Å². The molecule has 0 bridgehead atoms. The first-order chi connectivity index (χ1) is 15.8. The van der Waals surface area contributed by atoms with Crippen LogP contribution in [0.5, 0.6) is 0 Å². The van der Waals surface area contributed by atoms with Crippen molar-refractivity contribution in [3.8, 4) is 0 Å². The zero-order valence-corrected chi connectivity index (χ0v) is 23.4. The van der Waals surface area contributed by atoms with E-state index in [1.807, 2.05) is 0 Å². The predicted molar refractivity (Wildman–Crippen MR) is 134 cm³/mol. The van der Waals surface area contributed by atoms with Gasteiger partial charge in [-0.1, -0.05) is 33.6 Å². The first-order valence-corrected chi connectivity index (χ1v) is 17.1. The molecule has 0 N–H and O–H groups in total. The summed E-state index contributed by atoms with van der Waals surface area (Å²) < 4.78 is 58.4. The van der Waals surface area contributed by atoms with Gasteiger partial charge in [-0.15, -0.1) is 0 Å². The number of hydrogen-bond acceptors (Lipinski definition) is 6. The zero-order chi connectivity index (χ0) is 24.9. The summed E-state index contributed by atoms with van der Waals surface area (Å²) in [5, 5.41) is 0. The van der Waals surface area contributed by atoms with Crippen molar-refractivity contribution in [1.29, 1.82) is 0 Å². The predicted octanol–water partition coefficient (Wildman–Crippen LogP) is 5.38. The van der Waals surface area contributed by atoms with E-state index in [0.717, 1.165) is 37.9 Å². The summed E-state index contributed by atoms with van der Waals surface area (Å²) in [5.41, 5.74) is 0.146. The van der Waals surface area contributed by atoms with Crippen LogP contribution in [0.3, 0.4) is 0 Å². The van der Waals surface area contributed by atoms with Crippen molar-refractivity contribution in [1.82, 2.24) is 0 Å². The summed E-state index contributed by atoms with van der Waals surface area (Å²) >= 11 is 0. The molecule has 34 heavy (non-hydrogen) atoms. The number of hydrogen-bond donors (Lipinski definition) is 0. The van der Waals surface area contributed by atoms with Crippen LogP contribution in [-0.4, -0.2) is 42.1 Å². The molecule has 0 saturated heterocycles. The molecule has 0 aliphatic heterocycles. The molecule has 4 aliphatic rings. The molecule has 0 heterocycles. The quantitative estimate of drug-likeness (QED) is 0.317. The summed E-state index contributed by atoms with van der Waals surface area (Å²) in [7, 11) is -6.98. The van der Waals surface area contributed by atoms with Gasteiger partial charge in [-0.25, -0.2) is 0 Å². The van der Waals surface area contributed by atoms with Gasteiger partial charge in [0.05, 0.1) is 25.2 Å². The maximum Gasteiger partial charge on any atom is 0.264 e. The molecule has 8 heteroatoms. The molecule has 0 amide bonds. The summed E-state index contributed by atoms with van der Waals surface area (Å²) in [6.45, 7) is 7.29. The summed E-state index contributed by atoms with van der Waals surface area (Å²) in [5.74, 6) is 3.22. The van der Waals surface area contributed by atoms with E-state index in [2.05, 4.69) is 20.8 Å². The Morgan fingerprint density at radius 1 is 0.912 bits per heavy atom. The van der Waals surface area contributed by atoms with Crippen LogP contribution in [0, 0.1) is 46.3 Å². The van der Waals surface area contributed by atoms with Crippen molar-refractivity contribution in [2.45, 2.75) is 97.5 Å². The van der Waals surface area contributed by atoms with Crippen molar-refractivity contribution in [3.63, 3.8) is 0 Å². The Kier molecular flexibility index (Phi) is 7.59. The van der Waals surface area contributed by atoms with Gasteiger partial charge >= 0.3 is 0 Å². The smallest absolute Gasteiger partial charge is 0.264 e. The largest absolute Gasteiger partial charge is 0.270 e. The molecule has 0 spiro atoms. The molecule has 9 atom stereocenters. The van der Waals surface area contributed by atoms with Crippen LogP contribution in [0.25, 0.3) is 0 Å². The average Bonchev–Trinajstić information content (AvgIpc) is 3.08. The Morgan fingerprint density at radius 3 is 2.32 bits per heavy atom. The first-order valence-electron chi connectivity index (χ1n) is 13.5. The van der Waals surface area contributed by atoms with E-state index in [-0.39, 0.29) is 18.1 Å². The van der Waals surface area contributed by atoms with Crippen molar-refractivity contribution < 1.29 is 25.2 Å². The zero-order valence-electron chi connectivity index (χ0n) is 21.8. The molecular formula is C26H46O6S2. The maximum atomic E-state index is 12.4. The van der Waals surface area contributed by atoms with Crippen molar-refractivity contribution in [2.75, 3.05) is 19.1 Å². The van der Waals surface area contributed by atoms with E-state index < -0.39 is 20.2 Å². The minimum atomic E-state index is -3.56. The highest BCUT2D eigenvalue weighted by Crippen LogP contribution is 2.69. The summed E-state index contributed by atoms with van der Waals surface area (Å²) in [4.78, 5) is 0. The lowest BCUT2D eigenvalue weighted by molar-refractivity contribution is -0.159. The Balaban J connectivity index is 1.58. The highest BCUT2D eigenvalue weighted by atomic mass is 32.2. The van der Waals surface area contributed by atoms with Gasteiger partial charge in [0.1, 0.15) is 0 Å². The van der Waals surface area contributed by atoms with E-state index in [0.29, 0.717) is 41.4 Å². The minimum absolute atomic E-state index is 0.167. The van der Waals surface area contributed by atoms with Crippen LogP contribution in [0.4, 0.5) is 0 Å². The minimum Gasteiger partial charge on any atom is -0.270 e. The molecule has 4 aliphatic carbocycles. The summed E-state index contributed by atoms with van der Waals surface area (Å²) in [6, 6.07) is 0. The second-order valence-electron chi connectivity index (χ2n) is 12.6. The molecule has 4 fully saturated rings. The van der Waals surface area contributed by atoms with Crippen LogP contribution >= 0.6 is 0 Å². The molecule has 4 saturated carbocycles. The van der Waals surface area contributed by atoms with Gasteiger partial charge in [-0.05, 0) is 98.7 Å². The normalized spacial score (nSPS) is 43.6. The maximum absolute atomic E-state index is 12.4. The van der Waals surface area contributed by atoms with Gasteiger partial charge in [0.15, 0.2) is 0 Å². The van der Waals surface area contributed by atoms with Crippen molar-refractivity contribution in [3.05, 3.63) is 0 Å². The average molecular weight is 519 g/mol. The van der Waals surface area contributed by atoms with Gasteiger partial charge in [-0.3, -0.25) is 8.37 Å². The highest BCUT2D eigenvalue weighted by molar-refractivity contribution is 7.86. The second kappa shape index (κ2) is 9.60. The monoisotopic (exact) mass is 518 g/mol. The van der Waals surface area contributed by atoms with Crippen molar-refractivity contribution in [2.24, 2.45) is 46.3 Å². The Hall–Kier alpha value is -0.180. The molecule has 9 unspecified atom stereocenters. The lowest BCUT2D eigenvalue weighted by Gasteiger charge is -2.62. The molecule has 4 rings (SSSR count). The Labute approximate surface area is 208 Å². The van der Waals surface area contributed by atoms with Crippen LogP contribution in [0.2, 0.25) is 0 Å². The summed E-state index contributed by atoms with van der Waals surface area (Å²) in [6.07, 6.45) is 14.5. The van der Waals surface area contributed by atoms with Gasteiger partial charge < -0.3 is 0 Å². The molecule has 0 radical (unpaired) electrons. The van der Waals surface area contributed by atoms with E-state index in [1.54, 1.807) is 0 Å². The Bertz CT molecular complexity index is 946. The Morgan fingerprint density at radius 2 is 1.65 bits per heavy atom. The molecule has 0 aromatic carbocycles. The number of rotatable bonds is 8. The van der Waals surface area contributed by atoms with E-state index in [1.165, 1.54) is 44.8 Å². The fourth-order valence-corrected chi connectivity index (χ4v) is 10.5. The first kappa shape index (κ1) is 26.9. The lowest BCUT2D eigenvalue weighted by atomic mass is 9.44. The third-order valence-corrected chi connectivity index (χ3v) is 12.0. The second-order valence-corrected chi connectivity index (χ2v) is 15.9. The lowest BCUT2D eigenvalue weighted by Crippen LogP contribution is -2.59. The topological polar surface area (TPSA) is 86.7 Å². The molecule has 0 aromatic rings. The van der Waals surface area contributed by atoms with Crippen LogP contribution in [0.15, 0.2) is 0 Å². The third kappa shape index (κ3) is 5.12. The van der Waals surface area contributed by atoms with E-state index in [4.69, 9.17) is 8.37 Å². The fourth-order valence-electron chi connectivity index (χ4n) is 9.36. The SMILES string of the molecule is CC(CCCOS(C)(=O)=O)C1CCC2C3CCC4CCCCC4(C)C3CC(OS(C)(=O)=O)C12C.